The van der Waals surface area contributed by atoms with E-state index in [2.05, 4.69) is 0 Å². The van der Waals surface area contributed by atoms with Gasteiger partial charge in [0.15, 0.2) is 5.75 Å². The Morgan fingerprint density at radius 3 is 2.67 bits per heavy atom. The molecule has 0 saturated heterocycles. The maximum Gasteiger partial charge on any atom is 0.339 e. The van der Waals surface area contributed by atoms with Crippen molar-refractivity contribution in [3.8, 4) is 5.75 Å². The number of carboxylic acids is 1. The van der Waals surface area contributed by atoms with Gasteiger partial charge in [0.05, 0.1) is 0 Å². The molecule has 0 unspecified atom stereocenters. The smallest absolute Gasteiger partial charge is 0.339 e. The molecule has 0 radical (unpaired) electrons. The molecule has 0 amide bonds. The fraction of sp³-hybridized carbons (Fsp3) is 0.143. The minimum Gasteiger partial charge on any atom is -0.502 e. The first-order valence-electron chi connectivity index (χ1n) is 3.16. The maximum absolute atomic E-state index is 10.9. The van der Waals surface area contributed by atoms with Crippen molar-refractivity contribution >= 4 is 5.97 Å². The van der Waals surface area contributed by atoms with E-state index >= 15 is 0 Å². The molecule has 0 aliphatic carbocycles. The van der Waals surface area contributed by atoms with E-state index in [-0.39, 0.29) is 5.56 Å². The van der Waals surface area contributed by atoms with E-state index in [4.69, 9.17) is 10.2 Å². The molecule has 0 fully saturated rings. The van der Waals surface area contributed by atoms with Crippen LogP contribution in [0.25, 0.3) is 0 Å². The number of rotatable bonds is 1. The molecule has 0 saturated carbocycles. The predicted molar refractivity (Wildman–Crippen MR) is 40.3 cm³/mol. The average Bonchev–Trinajstić information content (AvgIpc) is 2.00. The molecule has 0 aromatic carbocycles. The van der Waals surface area contributed by atoms with Gasteiger partial charge in [-0.1, -0.05) is 0 Å². The largest absolute Gasteiger partial charge is 0.502 e. The Labute approximate surface area is 67.5 Å². The van der Waals surface area contributed by atoms with Crippen LogP contribution in [0.5, 0.6) is 5.75 Å². The summed E-state index contributed by atoms with van der Waals surface area (Å²) in [5, 5.41) is 17.5. The second kappa shape index (κ2) is 2.69. The van der Waals surface area contributed by atoms with Crippen LogP contribution in [0.1, 0.15) is 10.4 Å². The summed E-state index contributed by atoms with van der Waals surface area (Å²) in [6, 6.07) is 1.17. The molecule has 1 rings (SSSR count). The Kier molecular flexibility index (Phi) is 1.86. The van der Waals surface area contributed by atoms with E-state index in [9.17, 15) is 9.59 Å². The lowest BCUT2D eigenvalue weighted by atomic mass is 10.2. The molecule has 5 heteroatoms. The molecule has 0 bridgehead atoms. The number of nitrogens with zero attached hydrogens (tertiary/aromatic N) is 1. The zero-order valence-electron chi connectivity index (χ0n) is 6.31. The molecule has 0 atom stereocenters. The molecule has 0 aliphatic rings. The second-order valence-electron chi connectivity index (χ2n) is 2.30. The van der Waals surface area contributed by atoms with Gasteiger partial charge in [-0.25, -0.2) is 4.79 Å². The van der Waals surface area contributed by atoms with Gasteiger partial charge in [0.2, 0.25) is 0 Å². The highest BCUT2D eigenvalue weighted by Gasteiger charge is 2.12. The van der Waals surface area contributed by atoms with E-state index in [1.54, 1.807) is 0 Å². The molecule has 1 heterocycles. The van der Waals surface area contributed by atoms with Crippen LogP contribution in [-0.4, -0.2) is 20.7 Å². The molecule has 0 aliphatic heterocycles. The van der Waals surface area contributed by atoms with E-state index in [1.807, 2.05) is 0 Å². The van der Waals surface area contributed by atoms with Gasteiger partial charge in [0.1, 0.15) is 5.56 Å². The maximum atomic E-state index is 10.9. The van der Waals surface area contributed by atoms with Crippen LogP contribution in [-0.2, 0) is 7.05 Å². The molecule has 12 heavy (non-hydrogen) atoms. The Morgan fingerprint density at radius 2 is 2.17 bits per heavy atom. The highest BCUT2D eigenvalue weighted by atomic mass is 16.4. The van der Waals surface area contributed by atoms with E-state index in [0.717, 1.165) is 4.57 Å². The monoisotopic (exact) mass is 169 g/mol. The third-order valence-corrected chi connectivity index (χ3v) is 1.47. The minimum atomic E-state index is -1.31. The van der Waals surface area contributed by atoms with E-state index < -0.39 is 17.3 Å². The van der Waals surface area contributed by atoms with Gasteiger partial charge in [0.25, 0.3) is 5.56 Å². The molecule has 2 N–H and O–H groups in total. The van der Waals surface area contributed by atoms with Crippen molar-refractivity contribution in [2.24, 2.45) is 7.05 Å². The van der Waals surface area contributed by atoms with Crippen LogP contribution in [0.2, 0.25) is 0 Å². The summed E-state index contributed by atoms with van der Waals surface area (Å²) in [5.41, 5.74) is -1.09. The molecule has 1 aromatic heterocycles. The van der Waals surface area contributed by atoms with Crippen molar-refractivity contribution in [2.75, 3.05) is 0 Å². The number of hydrogen-bond donors (Lipinski definition) is 2. The number of aromatic hydroxyl groups is 1. The number of carboxylic acid groups (broad SMARTS) is 1. The SMILES string of the molecule is Cn1ccc(C(=O)O)c(O)c1=O. The molecular formula is C7H7NO4. The zero-order chi connectivity index (χ0) is 9.30. The van der Waals surface area contributed by atoms with E-state index in [0.29, 0.717) is 0 Å². The van der Waals surface area contributed by atoms with Gasteiger partial charge < -0.3 is 14.8 Å². The van der Waals surface area contributed by atoms with Crippen molar-refractivity contribution in [1.82, 2.24) is 4.57 Å². The highest BCUT2D eigenvalue weighted by Crippen LogP contribution is 2.08. The van der Waals surface area contributed by atoms with Gasteiger partial charge in [-0.05, 0) is 6.07 Å². The van der Waals surface area contributed by atoms with Crippen molar-refractivity contribution < 1.29 is 15.0 Å². The number of hydrogen-bond acceptors (Lipinski definition) is 3. The summed E-state index contributed by atoms with van der Waals surface area (Å²) < 4.78 is 1.10. The molecule has 1 aromatic rings. The number of aromatic nitrogens is 1. The van der Waals surface area contributed by atoms with Crippen molar-refractivity contribution in [3.63, 3.8) is 0 Å². The van der Waals surface area contributed by atoms with Crippen LogP contribution in [0.15, 0.2) is 17.1 Å². The topological polar surface area (TPSA) is 79.5 Å². The molecule has 0 spiro atoms. The van der Waals surface area contributed by atoms with Gasteiger partial charge >= 0.3 is 5.97 Å². The number of pyridine rings is 1. The fourth-order valence-corrected chi connectivity index (χ4v) is 0.788. The first kappa shape index (κ1) is 8.32. The quantitative estimate of drug-likeness (QED) is 0.609. The lowest BCUT2D eigenvalue weighted by molar-refractivity contribution is 0.0693. The van der Waals surface area contributed by atoms with Crippen LogP contribution in [0, 0.1) is 0 Å². The fourth-order valence-electron chi connectivity index (χ4n) is 0.788. The lowest BCUT2D eigenvalue weighted by Crippen LogP contribution is -2.17. The van der Waals surface area contributed by atoms with Crippen LogP contribution >= 0.6 is 0 Å². The zero-order valence-corrected chi connectivity index (χ0v) is 6.31. The summed E-state index contributed by atoms with van der Waals surface area (Å²) in [5.74, 6) is -2.04. The predicted octanol–water partition coefficient (Wildman–Crippen LogP) is -0.211. The minimum absolute atomic E-state index is 0.377. The Bertz CT molecular complexity index is 379. The number of aryl methyl sites for hydroxylation is 1. The summed E-state index contributed by atoms with van der Waals surface area (Å²) >= 11 is 0. The highest BCUT2D eigenvalue weighted by molar-refractivity contribution is 5.90. The van der Waals surface area contributed by atoms with Gasteiger partial charge in [-0.3, -0.25) is 4.79 Å². The second-order valence-corrected chi connectivity index (χ2v) is 2.30. The summed E-state index contributed by atoms with van der Waals surface area (Å²) in [7, 11) is 1.42. The summed E-state index contributed by atoms with van der Waals surface area (Å²) in [6.45, 7) is 0. The van der Waals surface area contributed by atoms with Crippen molar-refractivity contribution in [2.45, 2.75) is 0 Å². The number of carbonyl (C=O) groups is 1. The summed E-state index contributed by atoms with van der Waals surface area (Å²) in [6.07, 6.45) is 1.28. The third kappa shape index (κ3) is 1.16. The van der Waals surface area contributed by atoms with E-state index in [1.165, 1.54) is 19.3 Å². The van der Waals surface area contributed by atoms with Crippen LogP contribution in [0.4, 0.5) is 0 Å². The van der Waals surface area contributed by atoms with Crippen LogP contribution in [0.3, 0.4) is 0 Å². The average molecular weight is 169 g/mol. The Morgan fingerprint density at radius 1 is 1.58 bits per heavy atom. The first-order valence-corrected chi connectivity index (χ1v) is 3.16. The lowest BCUT2D eigenvalue weighted by Gasteiger charge is -2.00. The van der Waals surface area contributed by atoms with Gasteiger partial charge in [-0.15, -0.1) is 0 Å². The van der Waals surface area contributed by atoms with Gasteiger partial charge in [0, 0.05) is 13.2 Å². The third-order valence-electron chi connectivity index (χ3n) is 1.47. The Hall–Kier alpha value is -1.78. The summed E-state index contributed by atoms with van der Waals surface area (Å²) in [4.78, 5) is 21.3. The molecule has 64 valence electrons. The first-order chi connectivity index (χ1) is 5.54. The van der Waals surface area contributed by atoms with Gasteiger partial charge in [-0.2, -0.15) is 0 Å². The number of aromatic carboxylic acids is 1. The normalized spacial score (nSPS) is 9.75. The molecule has 5 nitrogen and oxygen atoms in total. The Balaban J connectivity index is 3.47. The standard InChI is InChI=1S/C7H7NO4/c1-8-3-2-4(7(11)12)5(9)6(8)10/h2-3,9H,1H3,(H,11,12). The van der Waals surface area contributed by atoms with Crippen molar-refractivity contribution in [1.29, 1.82) is 0 Å². The molecular weight excluding hydrogens is 162 g/mol. The van der Waals surface area contributed by atoms with Crippen molar-refractivity contribution in [3.05, 3.63) is 28.2 Å². The van der Waals surface area contributed by atoms with Crippen LogP contribution < -0.4 is 5.56 Å².